The number of rotatable bonds is 5. The highest BCUT2D eigenvalue weighted by molar-refractivity contribution is 5.84. The van der Waals surface area contributed by atoms with Gasteiger partial charge in [0.15, 0.2) is 0 Å². The highest BCUT2D eigenvalue weighted by atomic mass is 16.4. The summed E-state index contributed by atoms with van der Waals surface area (Å²) >= 11 is 0. The van der Waals surface area contributed by atoms with Crippen LogP contribution in [0.25, 0.3) is 11.5 Å². The van der Waals surface area contributed by atoms with Gasteiger partial charge in [0.1, 0.15) is 6.04 Å². The summed E-state index contributed by atoms with van der Waals surface area (Å²) in [5.74, 6) is 0.594. The van der Waals surface area contributed by atoms with E-state index in [0.717, 1.165) is 31.5 Å². The molecule has 4 rings (SSSR count). The molecule has 6 nitrogen and oxygen atoms in total. The standard InChI is InChI=1S/C19H24N4O2/c1-2-15(17(24)23-12-10-19(8-9-19)11-13-23)20-18-22-21-16(25-18)14-6-4-3-5-7-14/h3-7,15H,2,8-13H2,1H3,(H,20,22)/t15-/m0/s1. The molecule has 1 spiro atoms. The zero-order valence-electron chi connectivity index (χ0n) is 14.6. The van der Waals surface area contributed by atoms with Crippen molar-refractivity contribution in [1.29, 1.82) is 0 Å². The van der Waals surface area contributed by atoms with Crippen molar-refractivity contribution in [2.24, 2.45) is 5.41 Å². The Balaban J connectivity index is 1.40. The van der Waals surface area contributed by atoms with Crippen molar-refractivity contribution in [3.05, 3.63) is 30.3 Å². The number of hydrogen-bond donors (Lipinski definition) is 1. The van der Waals surface area contributed by atoms with Gasteiger partial charge in [-0.15, -0.1) is 5.10 Å². The first-order valence-electron chi connectivity index (χ1n) is 9.13. The fraction of sp³-hybridized carbons (Fsp3) is 0.526. The van der Waals surface area contributed by atoms with Gasteiger partial charge in [-0.2, -0.15) is 0 Å². The number of likely N-dealkylation sites (tertiary alicyclic amines) is 1. The highest BCUT2D eigenvalue weighted by Gasteiger charge is 2.45. The third-order valence-electron chi connectivity index (χ3n) is 5.54. The van der Waals surface area contributed by atoms with Crippen LogP contribution in [-0.4, -0.2) is 40.1 Å². The van der Waals surface area contributed by atoms with Crippen LogP contribution in [-0.2, 0) is 4.79 Å². The molecule has 25 heavy (non-hydrogen) atoms. The average molecular weight is 340 g/mol. The summed E-state index contributed by atoms with van der Waals surface area (Å²) in [4.78, 5) is 14.8. The highest BCUT2D eigenvalue weighted by Crippen LogP contribution is 2.53. The first kappa shape index (κ1) is 16.1. The third kappa shape index (κ3) is 3.38. The molecule has 0 radical (unpaired) electrons. The SMILES string of the molecule is CC[C@H](Nc1nnc(-c2ccccc2)o1)C(=O)N1CCC2(CC1)CC2. The number of aromatic nitrogens is 2. The topological polar surface area (TPSA) is 71.3 Å². The normalized spacial score (nSPS) is 19.6. The van der Waals surface area contributed by atoms with Gasteiger partial charge in [-0.3, -0.25) is 4.79 Å². The molecule has 0 unspecified atom stereocenters. The van der Waals surface area contributed by atoms with Crippen LogP contribution in [0, 0.1) is 5.41 Å². The second-order valence-corrected chi connectivity index (χ2v) is 7.21. The van der Waals surface area contributed by atoms with Gasteiger partial charge in [-0.05, 0) is 49.7 Å². The number of piperidine rings is 1. The molecule has 1 N–H and O–H groups in total. The molecular formula is C19H24N4O2. The monoisotopic (exact) mass is 340 g/mol. The van der Waals surface area contributed by atoms with Crippen LogP contribution < -0.4 is 5.32 Å². The van der Waals surface area contributed by atoms with Gasteiger partial charge in [0.2, 0.25) is 11.8 Å². The van der Waals surface area contributed by atoms with Crippen molar-refractivity contribution in [3.63, 3.8) is 0 Å². The molecule has 2 aliphatic rings. The summed E-state index contributed by atoms with van der Waals surface area (Å²) in [6.07, 6.45) is 5.66. The molecular weight excluding hydrogens is 316 g/mol. The Morgan fingerprint density at radius 3 is 2.56 bits per heavy atom. The number of anilines is 1. The minimum atomic E-state index is -0.322. The number of nitrogens with one attached hydrogen (secondary N) is 1. The number of nitrogens with zero attached hydrogens (tertiary/aromatic N) is 3. The van der Waals surface area contributed by atoms with Crippen LogP contribution >= 0.6 is 0 Å². The van der Waals surface area contributed by atoms with E-state index in [9.17, 15) is 4.79 Å². The van der Waals surface area contributed by atoms with Crippen LogP contribution in [0.5, 0.6) is 0 Å². The molecule has 1 aromatic carbocycles. The van der Waals surface area contributed by atoms with E-state index in [1.165, 1.54) is 12.8 Å². The van der Waals surface area contributed by atoms with Crippen molar-refractivity contribution >= 4 is 11.9 Å². The molecule has 0 bridgehead atoms. The molecule has 132 valence electrons. The maximum Gasteiger partial charge on any atom is 0.316 e. The van der Waals surface area contributed by atoms with Crippen molar-refractivity contribution in [3.8, 4) is 11.5 Å². The fourth-order valence-corrected chi connectivity index (χ4v) is 3.57. The molecule has 2 fully saturated rings. The molecule has 1 aliphatic carbocycles. The number of carbonyl (C=O) groups excluding carboxylic acids is 1. The van der Waals surface area contributed by atoms with Gasteiger partial charge >= 0.3 is 6.01 Å². The molecule has 1 atom stereocenters. The lowest BCUT2D eigenvalue weighted by molar-refractivity contribution is -0.133. The lowest BCUT2D eigenvalue weighted by atomic mass is 9.93. The van der Waals surface area contributed by atoms with Gasteiger partial charge < -0.3 is 14.6 Å². The third-order valence-corrected chi connectivity index (χ3v) is 5.54. The van der Waals surface area contributed by atoms with Crippen LogP contribution in [0.15, 0.2) is 34.7 Å². The lowest BCUT2D eigenvalue weighted by Crippen LogP contribution is -2.46. The van der Waals surface area contributed by atoms with Crippen LogP contribution in [0.4, 0.5) is 6.01 Å². The van der Waals surface area contributed by atoms with E-state index in [-0.39, 0.29) is 11.9 Å². The maximum absolute atomic E-state index is 12.8. The Labute approximate surface area is 147 Å². The van der Waals surface area contributed by atoms with Crippen LogP contribution in [0.1, 0.15) is 39.0 Å². The van der Waals surface area contributed by atoms with Crippen molar-refractivity contribution in [1.82, 2.24) is 15.1 Å². The number of hydrogen-bond acceptors (Lipinski definition) is 5. The van der Waals surface area contributed by atoms with E-state index in [0.29, 0.717) is 23.7 Å². The molecule has 6 heteroatoms. The first-order valence-corrected chi connectivity index (χ1v) is 9.13. The largest absolute Gasteiger partial charge is 0.403 e. The number of carbonyl (C=O) groups is 1. The zero-order chi connectivity index (χ0) is 17.3. The Hall–Kier alpha value is -2.37. The smallest absolute Gasteiger partial charge is 0.316 e. The van der Waals surface area contributed by atoms with E-state index >= 15 is 0 Å². The fourth-order valence-electron chi connectivity index (χ4n) is 3.57. The predicted octanol–water partition coefficient (Wildman–Crippen LogP) is 3.33. The molecule has 1 aromatic heterocycles. The van der Waals surface area contributed by atoms with Gasteiger partial charge in [0.25, 0.3) is 0 Å². The van der Waals surface area contributed by atoms with Crippen LogP contribution in [0.2, 0.25) is 0 Å². The van der Waals surface area contributed by atoms with E-state index in [2.05, 4.69) is 15.5 Å². The number of amides is 1. The summed E-state index contributed by atoms with van der Waals surface area (Å²) in [5, 5.41) is 11.2. The Morgan fingerprint density at radius 1 is 1.20 bits per heavy atom. The molecule has 1 saturated carbocycles. The predicted molar refractivity (Wildman–Crippen MR) is 94.9 cm³/mol. The van der Waals surface area contributed by atoms with Gasteiger partial charge in [-0.25, -0.2) is 0 Å². The molecule has 2 aromatic rings. The van der Waals surface area contributed by atoms with E-state index < -0.39 is 0 Å². The first-order chi connectivity index (χ1) is 12.2. The number of benzene rings is 1. The molecule has 1 saturated heterocycles. The lowest BCUT2D eigenvalue weighted by Gasteiger charge is -2.34. The van der Waals surface area contributed by atoms with Crippen LogP contribution in [0.3, 0.4) is 0 Å². The zero-order valence-corrected chi connectivity index (χ0v) is 14.6. The van der Waals surface area contributed by atoms with Crippen molar-refractivity contribution in [2.75, 3.05) is 18.4 Å². The second kappa shape index (κ2) is 6.50. The second-order valence-electron chi connectivity index (χ2n) is 7.21. The quantitative estimate of drug-likeness (QED) is 0.904. The van der Waals surface area contributed by atoms with Gasteiger partial charge in [-0.1, -0.05) is 30.2 Å². The molecule has 1 aliphatic heterocycles. The maximum atomic E-state index is 12.8. The van der Waals surface area contributed by atoms with Gasteiger partial charge in [0, 0.05) is 18.7 Å². The van der Waals surface area contributed by atoms with Gasteiger partial charge in [0.05, 0.1) is 0 Å². The van der Waals surface area contributed by atoms with Crippen molar-refractivity contribution < 1.29 is 9.21 Å². The minimum Gasteiger partial charge on any atom is -0.403 e. The molecule has 1 amide bonds. The minimum absolute atomic E-state index is 0.137. The summed E-state index contributed by atoms with van der Waals surface area (Å²) in [5.41, 5.74) is 1.44. The average Bonchev–Trinajstić information content (AvgIpc) is 3.24. The van der Waals surface area contributed by atoms with Crippen molar-refractivity contribution in [2.45, 2.75) is 45.1 Å². The Morgan fingerprint density at radius 2 is 1.92 bits per heavy atom. The summed E-state index contributed by atoms with van der Waals surface area (Å²) in [6.45, 7) is 3.74. The van der Waals surface area contributed by atoms with E-state index in [1.54, 1.807) is 0 Å². The Bertz CT molecular complexity index is 729. The molecule has 2 heterocycles. The van der Waals surface area contributed by atoms with E-state index in [1.807, 2.05) is 42.2 Å². The summed E-state index contributed by atoms with van der Waals surface area (Å²) in [7, 11) is 0. The Kier molecular flexibility index (Phi) is 4.19. The summed E-state index contributed by atoms with van der Waals surface area (Å²) in [6, 6.07) is 9.60. The van der Waals surface area contributed by atoms with E-state index in [4.69, 9.17) is 4.42 Å². The summed E-state index contributed by atoms with van der Waals surface area (Å²) < 4.78 is 5.68.